The van der Waals surface area contributed by atoms with E-state index in [1.807, 2.05) is 29.2 Å². The summed E-state index contributed by atoms with van der Waals surface area (Å²) in [5.41, 5.74) is 0.415. The molecule has 1 aromatic rings. The molecule has 2 fully saturated rings. The lowest BCUT2D eigenvalue weighted by atomic mass is 9.85. The number of amides is 3. The summed E-state index contributed by atoms with van der Waals surface area (Å²) >= 11 is 0. The Morgan fingerprint density at radius 1 is 1.04 bits per heavy atom. The van der Waals surface area contributed by atoms with Gasteiger partial charge in [-0.05, 0) is 44.0 Å². The van der Waals surface area contributed by atoms with E-state index in [9.17, 15) is 9.59 Å². The number of ether oxygens (including phenoxy) is 2. The summed E-state index contributed by atoms with van der Waals surface area (Å²) in [5, 5.41) is 0. The zero-order valence-corrected chi connectivity index (χ0v) is 16.4. The van der Waals surface area contributed by atoms with Crippen LogP contribution in [0, 0.1) is 0 Å². The van der Waals surface area contributed by atoms with Crippen LogP contribution in [0.25, 0.3) is 0 Å². The van der Waals surface area contributed by atoms with Gasteiger partial charge < -0.3 is 19.3 Å². The first-order chi connectivity index (χ1) is 13.0. The Balaban J connectivity index is 1.78. The van der Waals surface area contributed by atoms with Gasteiger partial charge in [0.15, 0.2) is 0 Å². The predicted octanol–water partition coefficient (Wildman–Crippen LogP) is 1.61. The minimum Gasteiger partial charge on any atom is -0.497 e. The molecular weight excluding hydrogens is 346 g/mol. The van der Waals surface area contributed by atoms with Crippen molar-refractivity contribution in [2.24, 2.45) is 0 Å². The molecule has 27 heavy (non-hydrogen) atoms. The van der Waals surface area contributed by atoms with Crippen molar-refractivity contribution in [2.45, 2.75) is 24.8 Å². The predicted molar refractivity (Wildman–Crippen MR) is 102 cm³/mol. The number of methoxy groups -OCH3 is 2. The molecule has 7 nitrogen and oxygen atoms in total. The summed E-state index contributed by atoms with van der Waals surface area (Å²) in [6.07, 6.45) is 2.07. The quantitative estimate of drug-likeness (QED) is 0.678. The van der Waals surface area contributed by atoms with Gasteiger partial charge in [-0.3, -0.25) is 9.69 Å². The summed E-state index contributed by atoms with van der Waals surface area (Å²) in [6.45, 7) is 2.83. The smallest absolute Gasteiger partial charge is 0.327 e. The lowest BCUT2D eigenvalue weighted by Crippen LogP contribution is -2.56. The highest BCUT2D eigenvalue weighted by molar-refractivity contribution is 6.07. The van der Waals surface area contributed by atoms with Crippen LogP contribution in [-0.4, -0.2) is 86.2 Å². The van der Waals surface area contributed by atoms with E-state index in [-0.39, 0.29) is 11.9 Å². The molecule has 0 atom stereocenters. The van der Waals surface area contributed by atoms with Crippen LogP contribution < -0.4 is 4.74 Å². The number of carbonyl (C=O) groups is 2. The van der Waals surface area contributed by atoms with Crippen LogP contribution in [0.2, 0.25) is 0 Å². The second-order valence-electron chi connectivity index (χ2n) is 7.32. The van der Waals surface area contributed by atoms with Crippen molar-refractivity contribution in [2.75, 3.05) is 54.1 Å². The van der Waals surface area contributed by atoms with Crippen molar-refractivity contribution >= 4 is 11.9 Å². The highest BCUT2D eigenvalue weighted by atomic mass is 16.5. The van der Waals surface area contributed by atoms with E-state index in [4.69, 9.17) is 9.47 Å². The van der Waals surface area contributed by atoms with E-state index < -0.39 is 5.54 Å². The summed E-state index contributed by atoms with van der Waals surface area (Å²) in [6, 6.07) is 7.66. The third-order valence-corrected chi connectivity index (χ3v) is 5.74. The average Bonchev–Trinajstić information content (AvgIpc) is 2.88. The number of imide groups is 1. The van der Waals surface area contributed by atoms with Gasteiger partial charge in [0.1, 0.15) is 11.3 Å². The molecule has 2 saturated heterocycles. The monoisotopic (exact) mass is 375 g/mol. The fraction of sp³-hybridized carbons (Fsp3) is 0.600. The molecule has 0 N–H and O–H groups in total. The topological polar surface area (TPSA) is 62.3 Å². The van der Waals surface area contributed by atoms with Crippen molar-refractivity contribution in [1.82, 2.24) is 14.7 Å². The summed E-state index contributed by atoms with van der Waals surface area (Å²) < 4.78 is 10.3. The van der Waals surface area contributed by atoms with E-state index in [0.29, 0.717) is 39.0 Å². The van der Waals surface area contributed by atoms with Gasteiger partial charge in [0.2, 0.25) is 0 Å². The summed E-state index contributed by atoms with van der Waals surface area (Å²) in [4.78, 5) is 31.6. The second kappa shape index (κ2) is 8.27. The van der Waals surface area contributed by atoms with Crippen LogP contribution in [0.5, 0.6) is 5.75 Å². The Morgan fingerprint density at radius 2 is 1.70 bits per heavy atom. The highest BCUT2D eigenvalue weighted by Crippen LogP contribution is 2.37. The third kappa shape index (κ3) is 3.80. The van der Waals surface area contributed by atoms with Crippen molar-refractivity contribution in [3.63, 3.8) is 0 Å². The molecule has 3 rings (SSSR count). The Labute approximate surface area is 160 Å². The molecular formula is C20H29N3O4. The van der Waals surface area contributed by atoms with Crippen LogP contribution in [0.3, 0.4) is 0 Å². The van der Waals surface area contributed by atoms with Gasteiger partial charge in [-0.2, -0.15) is 0 Å². The number of urea groups is 1. The average molecular weight is 375 g/mol. The van der Waals surface area contributed by atoms with Crippen LogP contribution in [0.1, 0.15) is 18.4 Å². The van der Waals surface area contributed by atoms with Crippen LogP contribution >= 0.6 is 0 Å². The molecule has 2 aliphatic rings. The van der Waals surface area contributed by atoms with E-state index in [0.717, 1.165) is 24.4 Å². The number of piperidine rings is 1. The number of benzene rings is 1. The van der Waals surface area contributed by atoms with Gasteiger partial charge in [-0.15, -0.1) is 0 Å². The Hall–Kier alpha value is -2.12. The normalized spacial score (nSPS) is 20.0. The largest absolute Gasteiger partial charge is 0.497 e. The van der Waals surface area contributed by atoms with Crippen LogP contribution in [-0.2, 0) is 16.0 Å². The van der Waals surface area contributed by atoms with Crippen LogP contribution in [0.4, 0.5) is 4.79 Å². The van der Waals surface area contributed by atoms with Crippen molar-refractivity contribution in [1.29, 1.82) is 0 Å². The number of rotatable bonds is 7. The Kier molecular flexibility index (Phi) is 6.01. The van der Waals surface area contributed by atoms with Gasteiger partial charge in [0, 0.05) is 26.7 Å². The number of hydrogen-bond acceptors (Lipinski definition) is 5. The number of nitrogens with zero attached hydrogens (tertiary/aromatic N) is 3. The van der Waals surface area contributed by atoms with Gasteiger partial charge in [-0.25, -0.2) is 4.79 Å². The lowest BCUT2D eigenvalue weighted by molar-refractivity contribution is -0.135. The Morgan fingerprint density at radius 3 is 2.30 bits per heavy atom. The summed E-state index contributed by atoms with van der Waals surface area (Å²) in [7, 11) is 5.28. The maximum atomic E-state index is 13.2. The van der Waals surface area contributed by atoms with Crippen LogP contribution in [0.15, 0.2) is 24.3 Å². The van der Waals surface area contributed by atoms with Gasteiger partial charge in [0.25, 0.3) is 5.91 Å². The Bertz CT molecular complexity index is 668. The molecule has 0 aliphatic carbocycles. The molecule has 148 valence electrons. The third-order valence-electron chi connectivity index (χ3n) is 5.74. The number of carbonyl (C=O) groups excluding carboxylic acids is 2. The standard InChI is InChI=1S/C20H29N3O4/c1-21-12-9-20(10-13-21)18(24)22(14-15-26-2)19(25)23(20)11-8-16-4-6-17(27-3)7-5-16/h4-7H,8-15H2,1-3H3. The molecule has 2 heterocycles. The first kappa shape index (κ1) is 19.6. The van der Waals surface area contributed by atoms with E-state index >= 15 is 0 Å². The molecule has 0 unspecified atom stereocenters. The second-order valence-corrected chi connectivity index (χ2v) is 7.32. The molecule has 0 saturated carbocycles. The molecule has 0 bridgehead atoms. The van der Waals surface area contributed by atoms with Gasteiger partial charge in [0.05, 0.1) is 20.3 Å². The number of likely N-dealkylation sites (tertiary alicyclic amines) is 1. The lowest BCUT2D eigenvalue weighted by Gasteiger charge is -2.41. The zero-order chi connectivity index (χ0) is 19.4. The fourth-order valence-electron chi connectivity index (χ4n) is 3.98. The fourth-order valence-corrected chi connectivity index (χ4v) is 3.98. The minimum absolute atomic E-state index is 0.0626. The first-order valence-corrected chi connectivity index (χ1v) is 9.46. The molecule has 1 spiro atoms. The van der Waals surface area contributed by atoms with E-state index in [2.05, 4.69) is 11.9 Å². The maximum absolute atomic E-state index is 13.2. The van der Waals surface area contributed by atoms with Gasteiger partial charge in [-0.1, -0.05) is 12.1 Å². The van der Waals surface area contributed by atoms with Crippen molar-refractivity contribution in [3.05, 3.63) is 29.8 Å². The molecule has 2 aliphatic heterocycles. The molecule has 0 radical (unpaired) electrons. The zero-order valence-electron chi connectivity index (χ0n) is 16.4. The maximum Gasteiger partial charge on any atom is 0.327 e. The molecule has 0 aromatic heterocycles. The number of hydrogen-bond donors (Lipinski definition) is 0. The highest BCUT2D eigenvalue weighted by Gasteiger charge is 2.57. The SMILES string of the molecule is COCCN1C(=O)N(CCc2ccc(OC)cc2)C2(CCN(C)CC2)C1=O. The van der Waals surface area contributed by atoms with Crippen molar-refractivity contribution in [3.8, 4) is 5.75 Å². The molecule has 7 heteroatoms. The summed E-state index contributed by atoms with van der Waals surface area (Å²) in [5.74, 6) is 0.746. The minimum atomic E-state index is -0.705. The van der Waals surface area contributed by atoms with E-state index in [1.165, 1.54) is 4.90 Å². The van der Waals surface area contributed by atoms with E-state index in [1.54, 1.807) is 14.2 Å². The van der Waals surface area contributed by atoms with Gasteiger partial charge >= 0.3 is 6.03 Å². The first-order valence-electron chi connectivity index (χ1n) is 9.46. The molecule has 3 amide bonds. The molecule has 1 aromatic carbocycles. The van der Waals surface area contributed by atoms with Crippen molar-refractivity contribution < 1.29 is 19.1 Å².